The van der Waals surface area contributed by atoms with Crippen LogP contribution >= 0.6 is 0 Å². The van der Waals surface area contributed by atoms with Gasteiger partial charge < -0.3 is 10.3 Å². The Morgan fingerprint density at radius 3 is 2.67 bits per heavy atom. The number of aromatic nitrogens is 4. The van der Waals surface area contributed by atoms with Gasteiger partial charge in [-0.25, -0.2) is 4.68 Å². The van der Waals surface area contributed by atoms with Crippen LogP contribution in [-0.2, 0) is 0 Å². The summed E-state index contributed by atoms with van der Waals surface area (Å²) in [6, 6.07) is 11.3. The maximum Gasteiger partial charge on any atom is 0.278 e. The summed E-state index contributed by atoms with van der Waals surface area (Å²) in [5.41, 5.74) is 7.38. The van der Waals surface area contributed by atoms with E-state index in [9.17, 15) is 0 Å². The topological polar surface area (TPSA) is 82.8 Å². The molecule has 3 aromatic rings. The first-order chi connectivity index (χ1) is 8.74. The van der Waals surface area contributed by atoms with Gasteiger partial charge in [-0.3, -0.25) is 0 Å². The molecule has 0 atom stereocenters. The number of rotatable bonds is 2. The van der Waals surface area contributed by atoms with Crippen molar-refractivity contribution in [3.63, 3.8) is 0 Å². The van der Waals surface area contributed by atoms with Gasteiger partial charge in [-0.15, -0.1) is 0 Å². The summed E-state index contributed by atoms with van der Waals surface area (Å²) in [6.07, 6.45) is 0. The van der Waals surface area contributed by atoms with E-state index in [0.29, 0.717) is 23.2 Å². The van der Waals surface area contributed by atoms with Crippen LogP contribution in [-0.4, -0.2) is 19.9 Å². The molecule has 18 heavy (non-hydrogen) atoms. The minimum absolute atomic E-state index is 0.369. The second kappa shape index (κ2) is 3.99. The molecule has 6 nitrogen and oxygen atoms in total. The highest BCUT2D eigenvalue weighted by Gasteiger charge is 2.13. The molecule has 0 spiro atoms. The highest BCUT2D eigenvalue weighted by molar-refractivity contribution is 5.55. The predicted octanol–water partition coefficient (Wildman–Crippen LogP) is 1.81. The van der Waals surface area contributed by atoms with Crippen LogP contribution in [0.5, 0.6) is 0 Å². The highest BCUT2D eigenvalue weighted by Crippen LogP contribution is 2.21. The van der Waals surface area contributed by atoms with E-state index in [-0.39, 0.29) is 0 Å². The predicted molar refractivity (Wildman–Crippen MR) is 66.0 cm³/mol. The maximum atomic E-state index is 5.93. The van der Waals surface area contributed by atoms with Crippen molar-refractivity contribution in [2.24, 2.45) is 0 Å². The Balaban J connectivity index is 2.06. The van der Waals surface area contributed by atoms with Crippen molar-refractivity contribution >= 4 is 5.82 Å². The van der Waals surface area contributed by atoms with Gasteiger partial charge in [-0.1, -0.05) is 23.4 Å². The maximum absolute atomic E-state index is 5.93. The van der Waals surface area contributed by atoms with Gasteiger partial charge in [0.15, 0.2) is 11.5 Å². The number of anilines is 1. The van der Waals surface area contributed by atoms with Gasteiger partial charge in [0.2, 0.25) is 0 Å². The van der Waals surface area contributed by atoms with Gasteiger partial charge in [0.1, 0.15) is 5.82 Å². The van der Waals surface area contributed by atoms with Crippen molar-refractivity contribution in [1.29, 1.82) is 0 Å². The quantitative estimate of drug-likeness (QED) is 0.739. The van der Waals surface area contributed by atoms with Crippen LogP contribution in [0.1, 0.15) is 5.82 Å². The van der Waals surface area contributed by atoms with Gasteiger partial charge in [0.25, 0.3) is 5.89 Å². The second-order valence-electron chi connectivity index (χ2n) is 3.85. The van der Waals surface area contributed by atoms with E-state index in [2.05, 4.69) is 15.2 Å². The van der Waals surface area contributed by atoms with Gasteiger partial charge in [0.05, 0.1) is 5.69 Å². The van der Waals surface area contributed by atoms with Crippen LogP contribution in [0.25, 0.3) is 17.3 Å². The molecule has 0 amide bonds. The van der Waals surface area contributed by atoms with Gasteiger partial charge in [0, 0.05) is 6.07 Å². The third-order valence-corrected chi connectivity index (χ3v) is 2.48. The Hall–Kier alpha value is -2.63. The van der Waals surface area contributed by atoms with Crippen LogP contribution < -0.4 is 5.73 Å². The summed E-state index contributed by atoms with van der Waals surface area (Å²) in [5.74, 6) is 1.46. The molecule has 0 aliphatic carbocycles. The Labute approximate surface area is 103 Å². The van der Waals surface area contributed by atoms with Crippen molar-refractivity contribution < 1.29 is 4.52 Å². The summed E-state index contributed by atoms with van der Waals surface area (Å²) in [4.78, 5) is 4.12. The number of nitrogens with zero attached hydrogens (tertiary/aromatic N) is 4. The second-order valence-corrected chi connectivity index (χ2v) is 3.85. The zero-order chi connectivity index (χ0) is 12.5. The first kappa shape index (κ1) is 10.5. The molecule has 0 saturated heterocycles. The molecule has 0 aliphatic rings. The minimum Gasteiger partial charge on any atom is -0.384 e. The number of hydrogen-bond acceptors (Lipinski definition) is 5. The molecule has 0 fully saturated rings. The molecule has 90 valence electrons. The number of nitrogen functional groups attached to an aromatic ring is 1. The van der Waals surface area contributed by atoms with Crippen molar-refractivity contribution in [3.8, 4) is 17.3 Å². The smallest absolute Gasteiger partial charge is 0.278 e. The largest absolute Gasteiger partial charge is 0.384 e. The summed E-state index contributed by atoms with van der Waals surface area (Å²) >= 11 is 0. The Bertz CT molecular complexity index is 671. The number of aryl methyl sites for hydroxylation is 1. The lowest BCUT2D eigenvalue weighted by molar-refractivity contribution is 0.424. The van der Waals surface area contributed by atoms with E-state index in [0.717, 1.165) is 5.69 Å². The van der Waals surface area contributed by atoms with Crippen molar-refractivity contribution in [1.82, 2.24) is 19.9 Å². The molecule has 0 saturated carbocycles. The van der Waals surface area contributed by atoms with E-state index in [1.807, 2.05) is 30.3 Å². The van der Waals surface area contributed by atoms with Gasteiger partial charge >= 0.3 is 0 Å². The third kappa shape index (κ3) is 1.73. The van der Waals surface area contributed by atoms with Gasteiger partial charge in [-0.05, 0) is 19.1 Å². The zero-order valence-corrected chi connectivity index (χ0v) is 9.74. The SMILES string of the molecule is Cc1noc(-c2cc(N)n(-c3ccccc3)n2)n1. The van der Waals surface area contributed by atoms with Crippen LogP contribution in [0.2, 0.25) is 0 Å². The van der Waals surface area contributed by atoms with Crippen molar-refractivity contribution in [2.75, 3.05) is 5.73 Å². The lowest BCUT2D eigenvalue weighted by atomic mass is 10.3. The fraction of sp³-hybridized carbons (Fsp3) is 0.0833. The zero-order valence-electron chi connectivity index (χ0n) is 9.74. The molecule has 3 rings (SSSR count). The van der Waals surface area contributed by atoms with Crippen molar-refractivity contribution in [2.45, 2.75) is 6.92 Å². The highest BCUT2D eigenvalue weighted by atomic mass is 16.5. The molecule has 2 aromatic heterocycles. The fourth-order valence-electron chi connectivity index (χ4n) is 1.68. The minimum atomic E-state index is 0.369. The van der Waals surface area contributed by atoms with E-state index in [1.165, 1.54) is 0 Å². The van der Waals surface area contributed by atoms with E-state index >= 15 is 0 Å². The molecule has 0 unspecified atom stereocenters. The molecule has 1 aromatic carbocycles. The molecule has 2 N–H and O–H groups in total. The molecular weight excluding hydrogens is 230 g/mol. The molecule has 0 bridgehead atoms. The number of para-hydroxylation sites is 1. The monoisotopic (exact) mass is 241 g/mol. The standard InChI is InChI=1S/C12H11N5O/c1-8-14-12(18-16-8)10-7-11(13)17(15-10)9-5-3-2-4-6-9/h2-7H,13H2,1H3. The summed E-state index contributed by atoms with van der Waals surface area (Å²) < 4.78 is 6.70. The Morgan fingerprint density at radius 2 is 2.00 bits per heavy atom. The van der Waals surface area contributed by atoms with E-state index in [4.69, 9.17) is 10.3 Å². The van der Waals surface area contributed by atoms with Gasteiger partial charge in [-0.2, -0.15) is 10.1 Å². The number of hydrogen-bond donors (Lipinski definition) is 1. The normalized spacial score (nSPS) is 10.7. The molecule has 6 heteroatoms. The summed E-state index contributed by atoms with van der Waals surface area (Å²) in [6.45, 7) is 1.75. The van der Waals surface area contributed by atoms with E-state index in [1.54, 1.807) is 17.7 Å². The lowest BCUT2D eigenvalue weighted by Gasteiger charge is -2.01. The third-order valence-electron chi connectivity index (χ3n) is 2.48. The summed E-state index contributed by atoms with van der Waals surface area (Å²) in [7, 11) is 0. The Morgan fingerprint density at radius 1 is 1.22 bits per heavy atom. The first-order valence-electron chi connectivity index (χ1n) is 5.46. The molecule has 2 heterocycles. The summed E-state index contributed by atoms with van der Waals surface area (Å²) in [5, 5.41) is 8.09. The first-order valence-corrected chi connectivity index (χ1v) is 5.46. The molecule has 0 radical (unpaired) electrons. The van der Waals surface area contributed by atoms with Crippen LogP contribution in [0.4, 0.5) is 5.82 Å². The molecular formula is C12H11N5O. The average Bonchev–Trinajstić information content (AvgIpc) is 2.97. The van der Waals surface area contributed by atoms with Crippen molar-refractivity contribution in [3.05, 3.63) is 42.2 Å². The number of benzene rings is 1. The fourth-order valence-corrected chi connectivity index (χ4v) is 1.68. The molecule has 0 aliphatic heterocycles. The Kier molecular flexibility index (Phi) is 2.33. The lowest BCUT2D eigenvalue weighted by Crippen LogP contribution is -2.01. The van der Waals surface area contributed by atoms with Crippen LogP contribution in [0, 0.1) is 6.92 Å². The average molecular weight is 241 g/mol. The van der Waals surface area contributed by atoms with Crippen LogP contribution in [0.3, 0.4) is 0 Å². The van der Waals surface area contributed by atoms with E-state index < -0.39 is 0 Å². The number of nitrogens with two attached hydrogens (primary N) is 1. The van der Waals surface area contributed by atoms with Crippen LogP contribution in [0.15, 0.2) is 40.9 Å².